The monoisotopic (exact) mass is 285 g/mol. The van der Waals surface area contributed by atoms with Crippen LogP contribution >= 0.6 is 15.9 Å². The Bertz CT molecular complexity index is 333. The van der Waals surface area contributed by atoms with E-state index in [1.807, 2.05) is 0 Å². The topological polar surface area (TPSA) is 12.0 Å². The largest absolute Gasteiger partial charge is 0.374 e. The van der Waals surface area contributed by atoms with E-state index in [0.717, 1.165) is 6.07 Å². The Morgan fingerprint density at radius 3 is 2.33 bits per heavy atom. The van der Waals surface area contributed by atoms with E-state index < -0.39 is 24.1 Å². The van der Waals surface area contributed by atoms with Crippen LogP contribution in [0.25, 0.3) is 0 Å². The highest BCUT2D eigenvalue weighted by Crippen LogP contribution is 2.28. The third kappa shape index (κ3) is 3.09. The summed E-state index contributed by atoms with van der Waals surface area (Å²) in [4.78, 5) is 0. The molecule has 0 radical (unpaired) electrons. The molecule has 0 heterocycles. The molecule has 0 amide bonds. The Hall–Kier alpha value is -0.780. The Morgan fingerprint density at radius 2 is 1.87 bits per heavy atom. The molecule has 84 valence electrons. The summed E-state index contributed by atoms with van der Waals surface area (Å²) in [5.41, 5.74) is -0.163. The van der Waals surface area contributed by atoms with E-state index in [0.29, 0.717) is 6.07 Å². The molecule has 0 spiro atoms. The number of rotatable bonds is 3. The van der Waals surface area contributed by atoms with Gasteiger partial charge in [-0.05, 0) is 28.9 Å². The van der Waals surface area contributed by atoms with Gasteiger partial charge in [-0.25, -0.2) is 17.6 Å². The van der Waals surface area contributed by atoms with Crippen LogP contribution < -0.4 is 5.32 Å². The van der Waals surface area contributed by atoms with Crippen LogP contribution in [0.1, 0.15) is 6.92 Å². The van der Waals surface area contributed by atoms with Crippen molar-refractivity contribution in [2.24, 2.45) is 0 Å². The van der Waals surface area contributed by atoms with Gasteiger partial charge >= 0.3 is 0 Å². The molecule has 0 saturated carbocycles. The standard InChI is InChI=1S/C9H8BrF4N/c1-4(9(13)14)15-8-6(10)2-5(11)3-7(8)12/h2-4,9,15H,1H3. The Kier molecular flexibility index (Phi) is 3.96. The number of nitrogens with one attached hydrogen (secondary N) is 1. The van der Waals surface area contributed by atoms with E-state index in [1.165, 1.54) is 6.92 Å². The number of anilines is 1. The number of alkyl halides is 2. The third-order valence-electron chi connectivity index (χ3n) is 1.76. The molecule has 15 heavy (non-hydrogen) atoms. The van der Waals surface area contributed by atoms with Crippen molar-refractivity contribution >= 4 is 21.6 Å². The van der Waals surface area contributed by atoms with Gasteiger partial charge in [-0.15, -0.1) is 0 Å². The minimum absolute atomic E-state index is 0.0764. The van der Waals surface area contributed by atoms with Gasteiger partial charge in [0.15, 0.2) is 0 Å². The second kappa shape index (κ2) is 4.83. The molecule has 0 aliphatic heterocycles. The smallest absolute Gasteiger partial charge is 0.258 e. The maximum atomic E-state index is 13.2. The average molecular weight is 286 g/mol. The summed E-state index contributed by atoms with van der Waals surface area (Å²) in [5, 5.41) is 2.27. The summed E-state index contributed by atoms with van der Waals surface area (Å²) in [6.07, 6.45) is -2.62. The molecule has 1 nitrogen and oxygen atoms in total. The van der Waals surface area contributed by atoms with E-state index in [2.05, 4.69) is 21.2 Å². The van der Waals surface area contributed by atoms with Crippen molar-refractivity contribution in [3.05, 3.63) is 28.2 Å². The molecule has 1 aromatic carbocycles. The summed E-state index contributed by atoms with van der Waals surface area (Å²) < 4.78 is 50.3. The van der Waals surface area contributed by atoms with Gasteiger partial charge in [-0.2, -0.15) is 0 Å². The molecular weight excluding hydrogens is 278 g/mol. The van der Waals surface area contributed by atoms with Crippen molar-refractivity contribution in [1.82, 2.24) is 0 Å². The molecule has 1 N–H and O–H groups in total. The minimum Gasteiger partial charge on any atom is -0.374 e. The van der Waals surface area contributed by atoms with Gasteiger partial charge in [0.05, 0.1) is 11.7 Å². The van der Waals surface area contributed by atoms with E-state index in [1.54, 1.807) is 0 Å². The van der Waals surface area contributed by atoms with E-state index in [4.69, 9.17) is 0 Å². The molecule has 0 aliphatic carbocycles. The average Bonchev–Trinajstić information content (AvgIpc) is 2.10. The summed E-state index contributed by atoms with van der Waals surface area (Å²) in [6, 6.07) is 0.427. The summed E-state index contributed by atoms with van der Waals surface area (Å²) in [7, 11) is 0. The van der Waals surface area contributed by atoms with Crippen LogP contribution in [-0.4, -0.2) is 12.5 Å². The van der Waals surface area contributed by atoms with Crippen LogP contribution in [0.4, 0.5) is 23.2 Å². The number of hydrogen-bond donors (Lipinski definition) is 1. The highest BCUT2D eigenvalue weighted by molar-refractivity contribution is 9.10. The van der Waals surface area contributed by atoms with Gasteiger partial charge in [0, 0.05) is 10.5 Å². The number of halogens is 5. The van der Waals surface area contributed by atoms with Gasteiger partial charge in [-0.1, -0.05) is 0 Å². The quantitative estimate of drug-likeness (QED) is 0.833. The fraction of sp³-hybridized carbons (Fsp3) is 0.333. The first kappa shape index (κ1) is 12.3. The van der Waals surface area contributed by atoms with Crippen molar-refractivity contribution in [3.8, 4) is 0 Å². The van der Waals surface area contributed by atoms with Crippen molar-refractivity contribution in [2.45, 2.75) is 19.4 Å². The molecule has 1 aromatic rings. The fourth-order valence-electron chi connectivity index (χ4n) is 0.971. The molecular formula is C9H8BrF4N. The first-order valence-electron chi connectivity index (χ1n) is 4.11. The lowest BCUT2D eigenvalue weighted by Gasteiger charge is -2.16. The summed E-state index contributed by atoms with van der Waals surface area (Å²) in [5.74, 6) is -1.68. The second-order valence-corrected chi connectivity index (χ2v) is 3.87. The van der Waals surface area contributed by atoms with Crippen LogP contribution in [0.5, 0.6) is 0 Å². The lowest BCUT2D eigenvalue weighted by molar-refractivity contribution is 0.130. The predicted octanol–water partition coefficient (Wildman–Crippen LogP) is 3.79. The van der Waals surface area contributed by atoms with Gasteiger partial charge in [0.25, 0.3) is 6.43 Å². The van der Waals surface area contributed by atoms with Crippen LogP contribution in [0.3, 0.4) is 0 Å². The zero-order valence-electron chi connectivity index (χ0n) is 7.70. The number of hydrogen-bond acceptors (Lipinski definition) is 1. The molecule has 0 saturated heterocycles. The van der Waals surface area contributed by atoms with Gasteiger partial charge < -0.3 is 5.32 Å². The maximum absolute atomic E-state index is 13.2. The van der Waals surface area contributed by atoms with Crippen LogP contribution in [0.15, 0.2) is 16.6 Å². The SMILES string of the molecule is CC(Nc1c(F)cc(F)cc1Br)C(F)F. The normalized spacial score (nSPS) is 13.0. The van der Waals surface area contributed by atoms with E-state index >= 15 is 0 Å². The Labute approximate surface area is 92.6 Å². The lowest BCUT2D eigenvalue weighted by Crippen LogP contribution is -2.24. The van der Waals surface area contributed by atoms with Crippen LogP contribution in [0.2, 0.25) is 0 Å². The first-order valence-corrected chi connectivity index (χ1v) is 4.90. The van der Waals surface area contributed by atoms with E-state index in [-0.39, 0.29) is 10.2 Å². The second-order valence-electron chi connectivity index (χ2n) is 3.01. The molecule has 1 atom stereocenters. The molecule has 0 bridgehead atoms. The predicted molar refractivity (Wildman–Crippen MR) is 53.1 cm³/mol. The highest BCUT2D eigenvalue weighted by Gasteiger charge is 2.18. The lowest BCUT2D eigenvalue weighted by atomic mass is 10.2. The molecule has 1 rings (SSSR count). The maximum Gasteiger partial charge on any atom is 0.258 e. The molecule has 0 fully saturated rings. The third-order valence-corrected chi connectivity index (χ3v) is 2.38. The van der Waals surface area contributed by atoms with Crippen LogP contribution in [-0.2, 0) is 0 Å². The minimum atomic E-state index is -2.62. The van der Waals surface area contributed by atoms with Gasteiger partial charge in [0.1, 0.15) is 11.6 Å². The molecule has 6 heteroatoms. The highest BCUT2D eigenvalue weighted by atomic mass is 79.9. The van der Waals surface area contributed by atoms with Crippen molar-refractivity contribution in [3.63, 3.8) is 0 Å². The van der Waals surface area contributed by atoms with Gasteiger partial charge in [-0.3, -0.25) is 0 Å². The zero-order chi connectivity index (χ0) is 11.6. The fourth-order valence-corrected chi connectivity index (χ4v) is 1.49. The van der Waals surface area contributed by atoms with Crippen molar-refractivity contribution < 1.29 is 17.6 Å². The van der Waals surface area contributed by atoms with Crippen LogP contribution in [0, 0.1) is 11.6 Å². The van der Waals surface area contributed by atoms with Crippen molar-refractivity contribution in [2.75, 3.05) is 5.32 Å². The Balaban J connectivity index is 2.95. The van der Waals surface area contributed by atoms with Crippen molar-refractivity contribution in [1.29, 1.82) is 0 Å². The molecule has 0 aliphatic rings. The molecule has 0 aromatic heterocycles. The first-order chi connectivity index (χ1) is 6.91. The van der Waals surface area contributed by atoms with E-state index in [9.17, 15) is 17.6 Å². The summed E-state index contributed by atoms with van der Waals surface area (Å²) in [6.45, 7) is 1.21. The van der Waals surface area contributed by atoms with Gasteiger partial charge in [0.2, 0.25) is 0 Å². The number of benzene rings is 1. The zero-order valence-corrected chi connectivity index (χ0v) is 9.29. The molecule has 1 unspecified atom stereocenters. The Morgan fingerprint density at radius 1 is 1.27 bits per heavy atom. The summed E-state index contributed by atoms with van der Waals surface area (Å²) >= 11 is 2.89.